The fourth-order valence-corrected chi connectivity index (χ4v) is 3.94. The molecular weight excluding hydrogens is 433 g/mol. The number of amides is 1. The molecule has 0 spiro atoms. The molecule has 170 valence electrons. The predicted octanol–water partition coefficient (Wildman–Crippen LogP) is 4.92. The lowest BCUT2D eigenvalue weighted by Crippen LogP contribution is -2.31. The van der Waals surface area contributed by atoms with Gasteiger partial charge in [0.05, 0.1) is 5.57 Å². The third kappa shape index (κ3) is 4.25. The van der Waals surface area contributed by atoms with Crippen LogP contribution in [0, 0.1) is 5.82 Å². The van der Waals surface area contributed by atoms with Crippen molar-refractivity contribution in [1.82, 2.24) is 14.8 Å². The number of rotatable bonds is 6. The van der Waals surface area contributed by atoms with E-state index in [1.165, 1.54) is 12.4 Å². The minimum atomic E-state index is -0.483. The first-order chi connectivity index (χ1) is 16.6. The van der Waals surface area contributed by atoms with E-state index in [0.29, 0.717) is 34.2 Å². The Labute approximate surface area is 195 Å². The second-order valence-corrected chi connectivity index (χ2v) is 7.86. The summed E-state index contributed by atoms with van der Waals surface area (Å²) in [7, 11) is 0. The quantitative estimate of drug-likeness (QED) is 0.431. The van der Waals surface area contributed by atoms with Crippen LogP contribution in [0.4, 0.5) is 16.0 Å². The van der Waals surface area contributed by atoms with Crippen LogP contribution >= 0.6 is 0 Å². The molecule has 8 heteroatoms. The first kappa shape index (κ1) is 21.4. The number of fused-ring (bicyclic) bond motifs is 1. The molecule has 0 fully saturated rings. The highest BCUT2D eigenvalue weighted by atomic mass is 19.1. The maximum absolute atomic E-state index is 13.9. The Balaban J connectivity index is 1.42. The molecular formula is C26H22FN5O2. The second-order valence-electron chi connectivity index (χ2n) is 7.86. The Morgan fingerprint density at radius 3 is 2.56 bits per heavy atom. The first-order valence-corrected chi connectivity index (χ1v) is 10.8. The number of hydrogen-bond acceptors (Lipinski definition) is 5. The topological polar surface area (TPSA) is 81.1 Å². The van der Waals surface area contributed by atoms with Crippen LogP contribution in [0.1, 0.15) is 24.1 Å². The van der Waals surface area contributed by atoms with E-state index in [1.54, 1.807) is 35.0 Å². The zero-order valence-electron chi connectivity index (χ0n) is 18.4. The number of nitrogens with zero attached hydrogens (tertiary/aromatic N) is 3. The van der Waals surface area contributed by atoms with Crippen molar-refractivity contribution in [3.05, 3.63) is 113 Å². The smallest absolute Gasteiger partial charge is 0.255 e. The molecule has 2 heterocycles. The van der Waals surface area contributed by atoms with E-state index >= 15 is 0 Å². The maximum atomic E-state index is 13.9. The lowest BCUT2D eigenvalue weighted by molar-refractivity contribution is -0.113. The van der Waals surface area contributed by atoms with Crippen LogP contribution in [0.2, 0.25) is 0 Å². The molecule has 34 heavy (non-hydrogen) atoms. The van der Waals surface area contributed by atoms with Gasteiger partial charge in [-0.05, 0) is 42.8 Å². The van der Waals surface area contributed by atoms with Crippen molar-refractivity contribution >= 4 is 17.5 Å². The number of halogens is 1. The largest absolute Gasteiger partial charge is 0.489 e. The summed E-state index contributed by atoms with van der Waals surface area (Å²) in [5, 5.41) is 10.5. The summed E-state index contributed by atoms with van der Waals surface area (Å²) in [6, 6.07) is 22.7. The Morgan fingerprint density at radius 2 is 1.79 bits per heavy atom. The maximum Gasteiger partial charge on any atom is 0.255 e. The molecule has 0 radical (unpaired) electrons. The lowest BCUT2D eigenvalue weighted by Gasteiger charge is -2.28. The molecule has 1 aliphatic rings. The highest BCUT2D eigenvalue weighted by Crippen LogP contribution is 2.35. The highest BCUT2D eigenvalue weighted by Gasteiger charge is 2.33. The van der Waals surface area contributed by atoms with Gasteiger partial charge in [0.2, 0.25) is 5.95 Å². The summed E-state index contributed by atoms with van der Waals surface area (Å²) in [6.45, 7) is 1.97. The van der Waals surface area contributed by atoms with Crippen molar-refractivity contribution < 1.29 is 13.9 Å². The highest BCUT2D eigenvalue weighted by molar-refractivity contribution is 6.06. The number of benzene rings is 3. The van der Waals surface area contributed by atoms with Crippen molar-refractivity contribution in [2.75, 3.05) is 10.6 Å². The van der Waals surface area contributed by atoms with Crippen molar-refractivity contribution in [2.24, 2.45) is 0 Å². The van der Waals surface area contributed by atoms with Gasteiger partial charge in [0.1, 0.15) is 30.5 Å². The van der Waals surface area contributed by atoms with Crippen LogP contribution in [0.3, 0.4) is 0 Å². The van der Waals surface area contributed by atoms with Gasteiger partial charge in [-0.2, -0.15) is 10.1 Å². The molecule has 5 rings (SSSR count). The molecule has 1 unspecified atom stereocenters. The van der Waals surface area contributed by atoms with Crippen molar-refractivity contribution in [1.29, 1.82) is 0 Å². The Hall–Kier alpha value is -4.46. The van der Waals surface area contributed by atoms with E-state index in [9.17, 15) is 9.18 Å². The molecule has 1 amide bonds. The average Bonchev–Trinajstić information content (AvgIpc) is 3.32. The molecule has 1 atom stereocenters. The molecule has 0 aliphatic carbocycles. The van der Waals surface area contributed by atoms with E-state index in [1.807, 2.05) is 49.4 Å². The number of nitrogens with one attached hydrogen (secondary N) is 2. The molecule has 7 nitrogen and oxygen atoms in total. The average molecular weight is 455 g/mol. The van der Waals surface area contributed by atoms with Crippen LogP contribution in [0.25, 0.3) is 0 Å². The van der Waals surface area contributed by atoms with E-state index < -0.39 is 6.04 Å². The Kier molecular flexibility index (Phi) is 5.78. The third-order valence-corrected chi connectivity index (χ3v) is 5.62. The summed E-state index contributed by atoms with van der Waals surface area (Å²) in [6.07, 6.45) is 1.45. The van der Waals surface area contributed by atoms with Gasteiger partial charge < -0.3 is 15.4 Å². The molecule has 3 aromatic carbocycles. The van der Waals surface area contributed by atoms with Crippen LogP contribution < -0.4 is 15.4 Å². The summed E-state index contributed by atoms with van der Waals surface area (Å²) in [5.41, 5.74) is 3.24. The standard InChI is InChI=1S/C26H22FN5O2/c1-17-23(25(33)31-20-8-3-2-4-9-20)24(32-26(30-17)28-16-29-32)18-11-13-21(14-12-18)34-15-19-7-5-6-10-22(19)27/h2-14,16,24H,15H2,1H3,(H,31,33)(H,28,29,30). The third-order valence-electron chi connectivity index (χ3n) is 5.62. The Bertz CT molecular complexity index is 1350. The number of anilines is 2. The summed E-state index contributed by atoms with van der Waals surface area (Å²) in [4.78, 5) is 17.6. The van der Waals surface area contributed by atoms with Crippen LogP contribution in [0.5, 0.6) is 5.75 Å². The monoisotopic (exact) mass is 455 g/mol. The fraction of sp³-hybridized carbons (Fsp3) is 0.115. The van der Waals surface area contributed by atoms with Crippen molar-refractivity contribution in [3.8, 4) is 5.75 Å². The Morgan fingerprint density at radius 1 is 1.06 bits per heavy atom. The van der Waals surface area contributed by atoms with Gasteiger partial charge in [-0.1, -0.05) is 48.5 Å². The first-order valence-electron chi connectivity index (χ1n) is 10.8. The molecule has 0 saturated carbocycles. The molecule has 2 N–H and O–H groups in total. The van der Waals surface area contributed by atoms with E-state index in [0.717, 1.165) is 5.56 Å². The molecule has 0 bridgehead atoms. The number of hydrogen-bond donors (Lipinski definition) is 2. The summed E-state index contributed by atoms with van der Waals surface area (Å²) < 4.78 is 21.3. The number of carbonyl (C=O) groups excluding carboxylic acids is 1. The van der Waals surface area contributed by atoms with Gasteiger partial charge in [-0.3, -0.25) is 4.79 Å². The number of para-hydroxylation sites is 1. The van der Waals surface area contributed by atoms with Crippen LogP contribution in [-0.4, -0.2) is 20.7 Å². The van der Waals surface area contributed by atoms with E-state index in [-0.39, 0.29) is 18.3 Å². The van der Waals surface area contributed by atoms with Crippen LogP contribution in [0.15, 0.2) is 96.5 Å². The van der Waals surface area contributed by atoms with Crippen LogP contribution in [-0.2, 0) is 11.4 Å². The van der Waals surface area contributed by atoms with Gasteiger partial charge >= 0.3 is 0 Å². The minimum absolute atomic E-state index is 0.121. The number of carbonyl (C=O) groups is 1. The molecule has 1 aromatic heterocycles. The summed E-state index contributed by atoms with van der Waals surface area (Å²) >= 11 is 0. The van der Waals surface area contributed by atoms with Crippen molar-refractivity contribution in [2.45, 2.75) is 19.6 Å². The number of aromatic nitrogens is 3. The van der Waals surface area contributed by atoms with E-state index in [4.69, 9.17) is 4.74 Å². The van der Waals surface area contributed by atoms with Gasteiger partial charge in [-0.15, -0.1) is 0 Å². The minimum Gasteiger partial charge on any atom is -0.489 e. The van der Waals surface area contributed by atoms with Crippen molar-refractivity contribution in [3.63, 3.8) is 0 Å². The fourth-order valence-electron chi connectivity index (χ4n) is 3.94. The number of allylic oxidation sites excluding steroid dienone is 1. The predicted molar refractivity (Wildman–Crippen MR) is 127 cm³/mol. The molecule has 0 saturated heterocycles. The van der Waals surface area contributed by atoms with Gasteiger partial charge in [0, 0.05) is 16.9 Å². The zero-order chi connectivity index (χ0) is 23.5. The molecule has 4 aromatic rings. The van der Waals surface area contributed by atoms with E-state index in [2.05, 4.69) is 20.7 Å². The lowest BCUT2D eigenvalue weighted by atomic mass is 9.95. The SMILES string of the molecule is CC1=C(C(=O)Nc2ccccc2)C(c2ccc(OCc3ccccc3F)cc2)n2ncnc2N1. The number of ether oxygens (including phenoxy) is 1. The normalized spacial score (nSPS) is 14.8. The zero-order valence-corrected chi connectivity index (χ0v) is 18.4. The summed E-state index contributed by atoms with van der Waals surface area (Å²) in [5.74, 6) is 0.610. The van der Waals surface area contributed by atoms with Gasteiger partial charge in [0.15, 0.2) is 0 Å². The second kappa shape index (κ2) is 9.19. The molecule has 1 aliphatic heterocycles. The van der Waals surface area contributed by atoms with Gasteiger partial charge in [0.25, 0.3) is 5.91 Å². The van der Waals surface area contributed by atoms with Gasteiger partial charge in [-0.25, -0.2) is 9.07 Å².